The van der Waals surface area contributed by atoms with Crippen molar-refractivity contribution in [3.63, 3.8) is 0 Å². The summed E-state index contributed by atoms with van der Waals surface area (Å²) in [5, 5.41) is 8.42. The molecule has 1 aliphatic rings. The fourth-order valence-electron chi connectivity index (χ4n) is 4.10. The van der Waals surface area contributed by atoms with E-state index in [1.54, 1.807) is 0 Å². The molecule has 0 unspecified atom stereocenters. The Labute approximate surface area is 183 Å². The Bertz CT molecular complexity index is 900. The van der Waals surface area contributed by atoms with Gasteiger partial charge in [0.1, 0.15) is 5.75 Å². The highest BCUT2D eigenvalue weighted by molar-refractivity contribution is 7.22. The number of thiophene rings is 1. The minimum atomic E-state index is 0.656. The highest BCUT2D eigenvalue weighted by Crippen LogP contribution is 2.35. The third-order valence-corrected chi connectivity index (χ3v) is 7.05. The van der Waals surface area contributed by atoms with E-state index in [-0.39, 0.29) is 0 Å². The molecular formula is C25H33N3OS. The molecule has 1 fully saturated rings. The Morgan fingerprint density at radius 3 is 2.80 bits per heavy atom. The van der Waals surface area contributed by atoms with Crippen molar-refractivity contribution < 1.29 is 4.74 Å². The number of ether oxygens (including phenoxy) is 1. The lowest BCUT2D eigenvalue weighted by molar-refractivity contribution is 0.308. The van der Waals surface area contributed by atoms with Crippen LogP contribution in [0.5, 0.6) is 5.75 Å². The quantitative estimate of drug-likeness (QED) is 0.411. The van der Waals surface area contributed by atoms with Crippen molar-refractivity contribution in [2.24, 2.45) is 11.7 Å². The van der Waals surface area contributed by atoms with Gasteiger partial charge in [-0.05, 0) is 99.1 Å². The maximum Gasteiger partial charge on any atom is 0.123 e. The Hall–Kier alpha value is -1.92. The molecule has 5 heteroatoms. The number of hydrogen-bond acceptors (Lipinski definition) is 5. The van der Waals surface area contributed by atoms with Crippen molar-refractivity contribution >= 4 is 21.4 Å². The molecule has 4 N–H and O–H groups in total. The molecule has 4 nitrogen and oxygen atoms in total. The van der Waals surface area contributed by atoms with E-state index >= 15 is 0 Å². The first-order valence-corrected chi connectivity index (χ1v) is 12.0. The van der Waals surface area contributed by atoms with Gasteiger partial charge in [-0.1, -0.05) is 18.2 Å². The number of rotatable bonds is 10. The van der Waals surface area contributed by atoms with E-state index in [0.29, 0.717) is 13.2 Å². The van der Waals surface area contributed by atoms with Crippen LogP contribution < -0.4 is 21.1 Å². The molecule has 0 aliphatic carbocycles. The average molecular weight is 424 g/mol. The van der Waals surface area contributed by atoms with Gasteiger partial charge < -0.3 is 21.1 Å². The van der Waals surface area contributed by atoms with Crippen molar-refractivity contribution in [1.29, 1.82) is 0 Å². The van der Waals surface area contributed by atoms with E-state index in [4.69, 9.17) is 10.5 Å². The normalized spacial score (nSPS) is 15.0. The number of piperidine rings is 1. The molecular weight excluding hydrogens is 390 g/mol. The van der Waals surface area contributed by atoms with Crippen molar-refractivity contribution in [2.45, 2.75) is 32.2 Å². The zero-order chi connectivity index (χ0) is 20.6. The smallest absolute Gasteiger partial charge is 0.123 e. The lowest BCUT2D eigenvalue weighted by Crippen LogP contribution is -2.29. The van der Waals surface area contributed by atoms with E-state index in [2.05, 4.69) is 59.2 Å². The monoisotopic (exact) mass is 423 g/mol. The van der Waals surface area contributed by atoms with Crippen LogP contribution in [0.15, 0.2) is 48.5 Å². The number of nitrogens with two attached hydrogens (primary N) is 1. The van der Waals surface area contributed by atoms with Crippen LogP contribution in [0.4, 0.5) is 0 Å². The summed E-state index contributed by atoms with van der Waals surface area (Å²) in [7, 11) is 0. The second kappa shape index (κ2) is 10.9. The lowest BCUT2D eigenvalue weighted by atomic mass is 9.95. The molecule has 0 spiro atoms. The summed E-state index contributed by atoms with van der Waals surface area (Å²) in [6, 6.07) is 17.5. The van der Waals surface area contributed by atoms with E-state index in [1.807, 2.05) is 11.3 Å². The van der Waals surface area contributed by atoms with Crippen LogP contribution in [0.1, 0.15) is 31.2 Å². The maximum absolute atomic E-state index is 6.05. The van der Waals surface area contributed by atoms with Gasteiger partial charge in [0.25, 0.3) is 0 Å². The molecule has 2 aromatic carbocycles. The highest BCUT2D eigenvalue weighted by atomic mass is 32.1. The summed E-state index contributed by atoms with van der Waals surface area (Å²) < 4.78 is 7.38. The summed E-state index contributed by atoms with van der Waals surface area (Å²) in [4.78, 5) is 1.31. The highest BCUT2D eigenvalue weighted by Gasteiger charge is 2.13. The standard InChI is InChI=1S/C25H33N3OS/c26-11-3-15-29-23-7-6-21(25-17-20-4-1-2-5-24(20)30-25)16-22(23)18-28-14-10-19-8-12-27-13-9-19/h1-2,4-7,16-17,19,27-28H,3,8-15,18,26H2. The van der Waals surface area contributed by atoms with E-state index in [1.165, 1.54) is 58.4 Å². The van der Waals surface area contributed by atoms with Gasteiger partial charge in [0.15, 0.2) is 0 Å². The fraction of sp³-hybridized carbons (Fsp3) is 0.440. The Balaban J connectivity index is 1.45. The molecule has 160 valence electrons. The Morgan fingerprint density at radius 1 is 1.10 bits per heavy atom. The van der Waals surface area contributed by atoms with Gasteiger partial charge in [-0.3, -0.25) is 0 Å². The summed E-state index contributed by atoms with van der Waals surface area (Å²) in [5.41, 5.74) is 8.13. The van der Waals surface area contributed by atoms with Gasteiger partial charge >= 0.3 is 0 Å². The molecule has 1 aromatic heterocycles. The summed E-state index contributed by atoms with van der Waals surface area (Å²) in [6.07, 6.45) is 4.73. The van der Waals surface area contributed by atoms with Crippen molar-refractivity contribution in [3.05, 3.63) is 54.1 Å². The van der Waals surface area contributed by atoms with Gasteiger partial charge in [-0.2, -0.15) is 0 Å². The molecule has 0 saturated carbocycles. The van der Waals surface area contributed by atoms with Crippen LogP contribution in [-0.4, -0.2) is 32.8 Å². The summed E-state index contributed by atoms with van der Waals surface area (Å²) in [5.74, 6) is 1.83. The number of benzene rings is 2. The predicted octanol–water partition coefficient (Wildman–Crippen LogP) is 4.78. The van der Waals surface area contributed by atoms with Gasteiger partial charge in [0.05, 0.1) is 6.61 Å². The van der Waals surface area contributed by atoms with Crippen molar-refractivity contribution in [3.8, 4) is 16.2 Å². The SMILES string of the molecule is NCCCOc1ccc(-c2cc3ccccc3s2)cc1CNCCC1CCNCC1. The Morgan fingerprint density at radius 2 is 1.97 bits per heavy atom. The first-order chi connectivity index (χ1) is 14.8. The molecule has 4 rings (SSSR count). The van der Waals surface area contributed by atoms with Gasteiger partial charge in [-0.25, -0.2) is 0 Å². The Kier molecular flexibility index (Phi) is 7.76. The molecule has 0 atom stereocenters. The molecule has 1 aliphatic heterocycles. The number of fused-ring (bicyclic) bond motifs is 1. The molecule has 0 amide bonds. The van der Waals surface area contributed by atoms with Gasteiger partial charge in [-0.15, -0.1) is 11.3 Å². The zero-order valence-corrected chi connectivity index (χ0v) is 18.5. The van der Waals surface area contributed by atoms with Crippen LogP contribution in [0.2, 0.25) is 0 Å². The minimum absolute atomic E-state index is 0.656. The first kappa shape index (κ1) is 21.3. The van der Waals surface area contributed by atoms with E-state index in [9.17, 15) is 0 Å². The maximum atomic E-state index is 6.05. The second-order valence-electron chi connectivity index (χ2n) is 8.12. The third kappa shape index (κ3) is 5.61. The van der Waals surface area contributed by atoms with Crippen LogP contribution in [0.3, 0.4) is 0 Å². The van der Waals surface area contributed by atoms with Crippen LogP contribution in [0, 0.1) is 5.92 Å². The minimum Gasteiger partial charge on any atom is -0.493 e. The molecule has 30 heavy (non-hydrogen) atoms. The largest absolute Gasteiger partial charge is 0.493 e. The molecule has 0 radical (unpaired) electrons. The molecule has 0 bridgehead atoms. The molecule has 1 saturated heterocycles. The summed E-state index contributed by atoms with van der Waals surface area (Å²) in [6.45, 7) is 5.55. The van der Waals surface area contributed by atoms with Crippen molar-refractivity contribution in [2.75, 3.05) is 32.8 Å². The fourth-order valence-corrected chi connectivity index (χ4v) is 5.16. The molecule has 2 heterocycles. The third-order valence-electron chi connectivity index (χ3n) is 5.88. The van der Waals surface area contributed by atoms with Crippen LogP contribution >= 0.6 is 11.3 Å². The van der Waals surface area contributed by atoms with E-state index < -0.39 is 0 Å². The second-order valence-corrected chi connectivity index (χ2v) is 9.20. The molecule has 3 aromatic rings. The predicted molar refractivity (Wildman–Crippen MR) is 128 cm³/mol. The lowest BCUT2D eigenvalue weighted by Gasteiger charge is -2.22. The topological polar surface area (TPSA) is 59.3 Å². The number of hydrogen-bond donors (Lipinski definition) is 3. The van der Waals surface area contributed by atoms with Crippen LogP contribution in [-0.2, 0) is 6.54 Å². The van der Waals surface area contributed by atoms with Crippen LogP contribution in [0.25, 0.3) is 20.5 Å². The van der Waals surface area contributed by atoms with Gasteiger partial charge in [0.2, 0.25) is 0 Å². The zero-order valence-electron chi connectivity index (χ0n) is 17.7. The summed E-state index contributed by atoms with van der Waals surface area (Å²) >= 11 is 1.85. The van der Waals surface area contributed by atoms with Gasteiger partial charge in [0, 0.05) is 21.7 Å². The van der Waals surface area contributed by atoms with Crippen molar-refractivity contribution in [1.82, 2.24) is 10.6 Å². The first-order valence-electron chi connectivity index (χ1n) is 11.2. The van der Waals surface area contributed by atoms with E-state index in [0.717, 1.165) is 31.2 Å². The average Bonchev–Trinajstić information content (AvgIpc) is 3.23. The number of nitrogens with one attached hydrogen (secondary N) is 2.